The number of nitrogens with zero attached hydrogens (tertiary/aromatic N) is 4. The molecule has 3 heterocycles. The fourth-order valence-corrected chi connectivity index (χ4v) is 4.88. The van der Waals surface area contributed by atoms with Crippen LogP contribution in [0.3, 0.4) is 0 Å². The molecule has 1 saturated heterocycles. The minimum Gasteiger partial charge on any atom is -0.354 e. The van der Waals surface area contributed by atoms with E-state index < -0.39 is 5.56 Å². The van der Waals surface area contributed by atoms with Crippen molar-refractivity contribution in [1.82, 2.24) is 25.2 Å². The van der Waals surface area contributed by atoms with Gasteiger partial charge in [-0.25, -0.2) is 4.98 Å². The predicted molar refractivity (Wildman–Crippen MR) is 161 cm³/mol. The number of carbonyl (C=O) groups is 2. The maximum absolute atomic E-state index is 13.0. The summed E-state index contributed by atoms with van der Waals surface area (Å²) in [4.78, 5) is 52.9. The lowest BCUT2D eigenvalue weighted by Gasteiger charge is -2.34. The van der Waals surface area contributed by atoms with Crippen LogP contribution in [0.2, 0.25) is 10.0 Å². The molecule has 1 aliphatic heterocycles. The number of piperazine rings is 1. The molecule has 12 heteroatoms. The van der Waals surface area contributed by atoms with Crippen molar-refractivity contribution >= 4 is 63.4 Å². The monoisotopic (exact) mass is 591 g/mol. The molecule has 0 radical (unpaired) electrons. The Hall–Kier alpha value is -4.41. The van der Waals surface area contributed by atoms with Gasteiger partial charge < -0.3 is 25.4 Å². The van der Waals surface area contributed by atoms with E-state index in [0.29, 0.717) is 71.0 Å². The summed E-state index contributed by atoms with van der Waals surface area (Å²) in [7, 11) is 0. The molecule has 1 aliphatic rings. The van der Waals surface area contributed by atoms with Crippen LogP contribution in [0.15, 0.2) is 66.1 Å². The number of rotatable bonds is 7. The summed E-state index contributed by atoms with van der Waals surface area (Å²) < 4.78 is 0. The lowest BCUT2D eigenvalue weighted by molar-refractivity contribution is -0.129. The second kappa shape index (κ2) is 12.0. The number of hydrogen-bond donors (Lipinski definition) is 3. The van der Waals surface area contributed by atoms with E-state index in [1.165, 1.54) is 0 Å². The van der Waals surface area contributed by atoms with E-state index in [1.807, 2.05) is 17.0 Å². The molecule has 0 saturated carbocycles. The summed E-state index contributed by atoms with van der Waals surface area (Å²) in [5.74, 6) is 0.229. The highest BCUT2D eigenvalue weighted by Crippen LogP contribution is 2.27. The van der Waals surface area contributed by atoms with E-state index in [1.54, 1.807) is 54.4 Å². The maximum atomic E-state index is 13.0. The van der Waals surface area contributed by atoms with Crippen LogP contribution in [0, 0.1) is 0 Å². The largest absolute Gasteiger partial charge is 0.354 e. The minimum atomic E-state index is -0.396. The van der Waals surface area contributed by atoms with Crippen molar-refractivity contribution in [2.45, 2.75) is 13.5 Å². The first-order valence-corrected chi connectivity index (χ1v) is 13.6. The average molecular weight is 592 g/mol. The Morgan fingerprint density at radius 3 is 2.59 bits per heavy atom. The summed E-state index contributed by atoms with van der Waals surface area (Å²) >= 11 is 12.4. The molecule has 0 aliphatic carbocycles. The lowest BCUT2D eigenvalue weighted by Crippen LogP contribution is -2.48. The number of H-pyrrole nitrogens is 1. The Morgan fingerprint density at radius 1 is 1.07 bits per heavy atom. The molecule has 1 fully saturated rings. The third-order valence-corrected chi connectivity index (χ3v) is 7.33. The molecule has 0 spiro atoms. The number of carbonyl (C=O) groups excluding carboxylic acids is 2. The van der Waals surface area contributed by atoms with Gasteiger partial charge in [0.1, 0.15) is 5.65 Å². The molecule has 0 unspecified atom stereocenters. The summed E-state index contributed by atoms with van der Waals surface area (Å²) in [6.07, 6.45) is 1.64. The van der Waals surface area contributed by atoms with Gasteiger partial charge in [-0.15, -0.1) is 0 Å². The molecular weight excluding hydrogens is 565 g/mol. The lowest BCUT2D eigenvalue weighted by atomic mass is 10.1. The zero-order valence-corrected chi connectivity index (χ0v) is 23.7. The van der Waals surface area contributed by atoms with Crippen LogP contribution >= 0.6 is 23.2 Å². The van der Waals surface area contributed by atoms with Gasteiger partial charge in [-0.05, 0) is 42.0 Å². The van der Waals surface area contributed by atoms with E-state index in [9.17, 15) is 14.4 Å². The number of fused-ring (bicyclic) bond motifs is 1. The first-order chi connectivity index (χ1) is 19.7. The van der Waals surface area contributed by atoms with Crippen LogP contribution in [0.25, 0.3) is 16.7 Å². The molecule has 0 atom stereocenters. The van der Waals surface area contributed by atoms with Crippen molar-refractivity contribution in [1.29, 1.82) is 0 Å². The molecule has 3 N–H and O–H groups in total. The highest BCUT2D eigenvalue weighted by Gasteiger charge is 2.21. The van der Waals surface area contributed by atoms with Crippen molar-refractivity contribution in [2.24, 2.45) is 0 Å². The molecule has 0 bridgehead atoms. The third kappa shape index (κ3) is 6.50. The first kappa shape index (κ1) is 28.1. The number of anilines is 2. The van der Waals surface area contributed by atoms with Gasteiger partial charge in [0.05, 0.1) is 16.3 Å². The Morgan fingerprint density at radius 2 is 1.85 bits per heavy atom. The van der Waals surface area contributed by atoms with Crippen molar-refractivity contribution in [2.75, 3.05) is 36.4 Å². The number of nitrogens with one attached hydrogen (secondary N) is 3. The number of hydrogen-bond acceptors (Lipinski definition) is 7. The van der Waals surface area contributed by atoms with Gasteiger partial charge in [-0.1, -0.05) is 41.9 Å². The van der Waals surface area contributed by atoms with Crippen LogP contribution in [0.4, 0.5) is 11.6 Å². The number of aromatic amines is 1. The normalized spacial score (nSPS) is 13.2. The SMILES string of the molecule is C=C(Nc1cc(C(=O)NCc2cccc(Cl)c2)ccc1Cl)c1cc2cnc(N3CCN(C(C)=O)CC3)nc2[nH]c1=O. The number of pyridine rings is 1. The zero-order chi connectivity index (χ0) is 29.1. The Balaban J connectivity index is 1.29. The van der Waals surface area contributed by atoms with Gasteiger partial charge in [-0.2, -0.15) is 4.98 Å². The number of aromatic nitrogens is 3. The van der Waals surface area contributed by atoms with Crippen molar-refractivity contribution < 1.29 is 9.59 Å². The molecule has 2 aromatic heterocycles. The van der Waals surface area contributed by atoms with E-state index in [2.05, 4.69) is 32.2 Å². The van der Waals surface area contributed by atoms with Crippen molar-refractivity contribution in [3.8, 4) is 0 Å². The van der Waals surface area contributed by atoms with Crippen LogP contribution in [-0.2, 0) is 11.3 Å². The highest BCUT2D eigenvalue weighted by atomic mass is 35.5. The van der Waals surface area contributed by atoms with Crippen molar-refractivity contribution in [3.63, 3.8) is 0 Å². The summed E-state index contributed by atoms with van der Waals surface area (Å²) in [6, 6.07) is 13.7. The molecule has 4 aromatic rings. The molecule has 41 heavy (non-hydrogen) atoms. The van der Waals surface area contributed by atoms with Crippen LogP contribution in [0.1, 0.15) is 28.4 Å². The standard InChI is InChI=1S/C29H27Cl2N7O3/c1-17(34-25-14-20(6-7-24(25)31)27(40)32-15-19-4-3-5-22(30)12-19)23-13-21-16-33-29(36-26(21)35-28(23)41)38-10-8-37(9-11-38)18(2)39/h3-7,12-14,16,34H,1,8-11,15H2,2H3,(H,32,40)(H,33,35,36,41). The summed E-state index contributed by atoms with van der Waals surface area (Å²) in [6.45, 7) is 8.26. The van der Waals surface area contributed by atoms with E-state index in [-0.39, 0.29) is 23.1 Å². The topological polar surface area (TPSA) is 123 Å². The number of benzene rings is 2. The van der Waals surface area contributed by atoms with E-state index in [4.69, 9.17) is 23.2 Å². The second-order valence-electron chi connectivity index (χ2n) is 9.59. The molecular formula is C29H27Cl2N7O3. The first-order valence-electron chi connectivity index (χ1n) is 12.9. The fraction of sp³-hybridized carbons (Fsp3) is 0.207. The third-order valence-electron chi connectivity index (χ3n) is 6.77. The van der Waals surface area contributed by atoms with Gasteiger partial charge in [0, 0.05) is 67.5 Å². The number of halogens is 2. The van der Waals surface area contributed by atoms with Gasteiger partial charge in [-0.3, -0.25) is 14.4 Å². The van der Waals surface area contributed by atoms with Crippen LogP contribution in [0.5, 0.6) is 0 Å². The smallest absolute Gasteiger partial charge is 0.258 e. The average Bonchev–Trinajstić information content (AvgIpc) is 2.96. The maximum Gasteiger partial charge on any atom is 0.258 e. The van der Waals surface area contributed by atoms with Crippen molar-refractivity contribution in [3.05, 3.63) is 98.4 Å². The van der Waals surface area contributed by atoms with Crippen LogP contribution in [-0.4, -0.2) is 57.8 Å². The molecule has 10 nitrogen and oxygen atoms in total. The highest BCUT2D eigenvalue weighted by molar-refractivity contribution is 6.33. The van der Waals surface area contributed by atoms with E-state index in [0.717, 1.165) is 5.56 Å². The van der Waals surface area contributed by atoms with Gasteiger partial charge >= 0.3 is 0 Å². The quantitative estimate of drug-likeness (QED) is 0.292. The van der Waals surface area contributed by atoms with Gasteiger partial charge in [0.25, 0.3) is 11.5 Å². The molecule has 5 rings (SSSR count). The molecule has 210 valence electrons. The second-order valence-corrected chi connectivity index (χ2v) is 10.4. The van der Waals surface area contributed by atoms with E-state index >= 15 is 0 Å². The number of amides is 2. The summed E-state index contributed by atoms with van der Waals surface area (Å²) in [5.41, 5.74) is 2.22. The molecule has 2 amide bonds. The Bertz CT molecular complexity index is 1710. The fourth-order valence-electron chi connectivity index (χ4n) is 4.50. The minimum absolute atomic E-state index is 0.0415. The van der Waals surface area contributed by atoms with Gasteiger partial charge in [0.2, 0.25) is 11.9 Å². The predicted octanol–water partition coefficient (Wildman–Crippen LogP) is 4.31. The Labute approximate surface area is 246 Å². The zero-order valence-electron chi connectivity index (χ0n) is 22.2. The Kier molecular flexibility index (Phi) is 8.23. The molecule has 2 aromatic carbocycles. The van der Waals surface area contributed by atoms with Crippen LogP contribution < -0.4 is 21.1 Å². The summed E-state index contributed by atoms with van der Waals surface area (Å²) in [5, 5.41) is 7.48. The van der Waals surface area contributed by atoms with Gasteiger partial charge in [0.15, 0.2) is 0 Å².